The molecule has 1 aliphatic carbocycles. The first-order chi connectivity index (χ1) is 16.9. The second-order valence-electron chi connectivity index (χ2n) is 9.75. The van der Waals surface area contributed by atoms with E-state index in [-0.39, 0.29) is 5.78 Å². The average molecular weight is 475 g/mol. The lowest BCUT2D eigenvalue weighted by atomic mass is 9.78. The lowest BCUT2D eigenvalue weighted by molar-refractivity contribution is 0.0936. The van der Waals surface area contributed by atoms with E-state index in [0.717, 1.165) is 78.7 Å². The van der Waals surface area contributed by atoms with Crippen LogP contribution >= 0.6 is 0 Å². The van der Waals surface area contributed by atoms with Crippen LogP contribution in [0.1, 0.15) is 85.5 Å². The Labute approximate surface area is 212 Å². The lowest BCUT2D eigenvalue weighted by Crippen LogP contribution is -2.20. The lowest BCUT2D eigenvalue weighted by Gasteiger charge is -2.29. The third-order valence-electron chi connectivity index (χ3n) is 7.45. The fourth-order valence-corrected chi connectivity index (χ4v) is 5.29. The van der Waals surface area contributed by atoms with Crippen LogP contribution in [0.5, 0.6) is 5.75 Å². The molecule has 0 unspecified atom stereocenters. The van der Waals surface area contributed by atoms with E-state index in [2.05, 4.69) is 57.3 Å². The van der Waals surface area contributed by atoms with Crippen molar-refractivity contribution in [2.24, 2.45) is 11.8 Å². The van der Waals surface area contributed by atoms with Crippen molar-refractivity contribution >= 4 is 11.4 Å². The number of Topliss-reactive ketones (excluding diaryl/α,β-unsaturated/α-hetero) is 1. The van der Waals surface area contributed by atoms with Gasteiger partial charge < -0.3 is 9.47 Å². The molecule has 0 spiro atoms. The second-order valence-corrected chi connectivity index (χ2v) is 9.75. The standard InChI is InChI=1S/C32H42O3/c1-7-26-15-16-29(22(4)18-25-12-17-32(34-6)27(8-2)19-25)21-30(26)31(33)20-24-10-13-28(14-11-24)23(5)35-9-3/h12,15-17,19,21,24,28H,4-5,7-11,13-14,18,20H2,1-3,6H3. The first-order valence-corrected chi connectivity index (χ1v) is 13.2. The van der Waals surface area contributed by atoms with E-state index in [1.165, 1.54) is 11.1 Å². The topological polar surface area (TPSA) is 35.5 Å². The van der Waals surface area contributed by atoms with Crippen LogP contribution in [0.2, 0.25) is 0 Å². The van der Waals surface area contributed by atoms with Gasteiger partial charge in [-0.3, -0.25) is 4.79 Å². The molecule has 0 N–H and O–H groups in total. The zero-order valence-electron chi connectivity index (χ0n) is 22.1. The highest BCUT2D eigenvalue weighted by Gasteiger charge is 2.26. The maximum Gasteiger partial charge on any atom is 0.163 e. The van der Waals surface area contributed by atoms with Crippen LogP contribution in [0.3, 0.4) is 0 Å². The second kappa shape index (κ2) is 12.8. The molecule has 0 bridgehead atoms. The van der Waals surface area contributed by atoms with E-state index in [1.807, 2.05) is 13.0 Å². The van der Waals surface area contributed by atoms with Gasteiger partial charge in [0, 0.05) is 17.9 Å². The van der Waals surface area contributed by atoms with Crippen molar-refractivity contribution < 1.29 is 14.3 Å². The van der Waals surface area contributed by atoms with E-state index in [4.69, 9.17) is 9.47 Å². The highest BCUT2D eigenvalue weighted by atomic mass is 16.5. The Morgan fingerprint density at radius 3 is 2.29 bits per heavy atom. The van der Waals surface area contributed by atoms with Gasteiger partial charge in [0.05, 0.1) is 19.5 Å². The third kappa shape index (κ3) is 6.87. The highest BCUT2D eigenvalue weighted by Crippen LogP contribution is 2.36. The molecule has 2 aromatic carbocycles. The van der Waals surface area contributed by atoms with Gasteiger partial charge in [-0.1, -0.05) is 51.3 Å². The molecular formula is C32H42O3. The summed E-state index contributed by atoms with van der Waals surface area (Å²) in [6.45, 7) is 15.4. The Hall–Kier alpha value is -2.81. The number of ketones is 1. The summed E-state index contributed by atoms with van der Waals surface area (Å²) in [4.78, 5) is 13.4. The molecule has 3 heteroatoms. The molecular weight excluding hydrogens is 432 g/mol. The zero-order valence-corrected chi connectivity index (χ0v) is 22.1. The Balaban J connectivity index is 1.68. The first kappa shape index (κ1) is 26.8. The molecule has 0 saturated heterocycles. The quantitative estimate of drug-likeness (QED) is 0.231. The number of allylic oxidation sites excluding steroid dienone is 2. The van der Waals surface area contributed by atoms with Crippen molar-refractivity contribution in [3.63, 3.8) is 0 Å². The number of methoxy groups -OCH3 is 1. The summed E-state index contributed by atoms with van der Waals surface area (Å²) in [5, 5.41) is 0. The van der Waals surface area contributed by atoms with Crippen LogP contribution in [0.15, 0.2) is 55.3 Å². The summed E-state index contributed by atoms with van der Waals surface area (Å²) in [5.74, 6) is 2.99. The Morgan fingerprint density at radius 2 is 1.66 bits per heavy atom. The maximum absolute atomic E-state index is 13.4. The van der Waals surface area contributed by atoms with E-state index < -0.39 is 0 Å². The Kier molecular flexibility index (Phi) is 9.77. The van der Waals surface area contributed by atoms with Crippen LogP contribution in [-0.2, 0) is 24.0 Å². The van der Waals surface area contributed by atoms with Crippen molar-refractivity contribution in [2.75, 3.05) is 13.7 Å². The summed E-state index contributed by atoms with van der Waals surface area (Å²) in [6, 6.07) is 12.7. The van der Waals surface area contributed by atoms with Gasteiger partial charge in [-0.2, -0.15) is 0 Å². The van der Waals surface area contributed by atoms with Crippen molar-refractivity contribution in [1.82, 2.24) is 0 Å². The maximum atomic E-state index is 13.4. The summed E-state index contributed by atoms with van der Waals surface area (Å²) in [7, 11) is 1.71. The van der Waals surface area contributed by atoms with Gasteiger partial charge >= 0.3 is 0 Å². The van der Waals surface area contributed by atoms with Crippen molar-refractivity contribution in [1.29, 1.82) is 0 Å². The minimum Gasteiger partial charge on any atom is -0.499 e. The highest BCUT2D eigenvalue weighted by molar-refractivity contribution is 5.98. The first-order valence-electron chi connectivity index (χ1n) is 13.2. The van der Waals surface area contributed by atoms with Gasteiger partial charge in [-0.05, 0) is 97.7 Å². The van der Waals surface area contributed by atoms with Gasteiger partial charge in [0.1, 0.15) is 5.75 Å². The summed E-state index contributed by atoms with van der Waals surface area (Å²) >= 11 is 0. The average Bonchev–Trinajstić information content (AvgIpc) is 2.88. The van der Waals surface area contributed by atoms with Crippen LogP contribution < -0.4 is 4.74 Å². The van der Waals surface area contributed by atoms with Gasteiger partial charge in [-0.15, -0.1) is 0 Å². The van der Waals surface area contributed by atoms with Gasteiger partial charge in [-0.25, -0.2) is 0 Å². The van der Waals surface area contributed by atoms with Crippen LogP contribution in [0.25, 0.3) is 5.57 Å². The van der Waals surface area contributed by atoms with E-state index in [0.29, 0.717) is 24.9 Å². The number of benzene rings is 2. The largest absolute Gasteiger partial charge is 0.499 e. The molecule has 3 nitrogen and oxygen atoms in total. The molecule has 1 aliphatic rings. The van der Waals surface area contributed by atoms with E-state index in [9.17, 15) is 4.79 Å². The third-order valence-corrected chi connectivity index (χ3v) is 7.45. The minimum absolute atomic E-state index is 0.265. The molecule has 0 aromatic heterocycles. The number of carbonyl (C=O) groups excluding carboxylic acids is 1. The fraction of sp³-hybridized carbons (Fsp3) is 0.469. The number of hydrogen-bond donors (Lipinski definition) is 0. The summed E-state index contributed by atoms with van der Waals surface area (Å²) in [5.41, 5.74) is 6.50. The van der Waals surface area contributed by atoms with Crippen molar-refractivity contribution in [3.05, 3.63) is 83.1 Å². The Morgan fingerprint density at radius 1 is 0.943 bits per heavy atom. The van der Waals surface area contributed by atoms with Crippen molar-refractivity contribution in [3.8, 4) is 5.75 Å². The molecule has 2 aromatic rings. The molecule has 1 saturated carbocycles. The molecule has 1 fully saturated rings. The number of aryl methyl sites for hydroxylation is 2. The van der Waals surface area contributed by atoms with Crippen LogP contribution in [0.4, 0.5) is 0 Å². The summed E-state index contributed by atoms with van der Waals surface area (Å²) < 4.78 is 11.1. The predicted octanol–water partition coefficient (Wildman–Crippen LogP) is 8.01. The van der Waals surface area contributed by atoms with Gasteiger partial charge in [0.2, 0.25) is 0 Å². The molecule has 0 atom stereocenters. The number of carbonyl (C=O) groups is 1. The molecule has 0 amide bonds. The molecule has 0 aliphatic heterocycles. The Bertz CT molecular complexity index is 1040. The zero-order chi connectivity index (χ0) is 25.4. The predicted molar refractivity (Wildman–Crippen MR) is 146 cm³/mol. The number of rotatable bonds is 12. The smallest absolute Gasteiger partial charge is 0.163 e. The van der Waals surface area contributed by atoms with Crippen LogP contribution in [-0.4, -0.2) is 19.5 Å². The molecule has 35 heavy (non-hydrogen) atoms. The molecule has 0 radical (unpaired) electrons. The van der Waals surface area contributed by atoms with Crippen molar-refractivity contribution in [2.45, 2.75) is 72.1 Å². The monoisotopic (exact) mass is 474 g/mol. The molecule has 0 heterocycles. The minimum atomic E-state index is 0.265. The summed E-state index contributed by atoms with van der Waals surface area (Å²) in [6.07, 6.45) is 7.41. The van der Waals surface area contributed by atoms with Gasteiger partial charge in [0.25, 0.3) is 0 Å². The van der Waals surface area contributed by atoms with Crippen LogP contribution in [0, 0.1) is 11.8 Å². The number of hydrogen-bond acceptors (Lipinski definition) is 3. The molecule has 3 rings (SSSR count). The van der Waals surface area contributed by atoms with E-state index >= 15 is 0 Å². The fourth-order valence-electron chi connectivity index (χ4n) is 5.29. The van der Waals surface area contributed by atoms with Gasteiger partial charge in [0.15, 0.2) is 5.78 Å². The number of ether oxygens (including phenoxy) is 2. The normalized spacial score (nSPS) is 17.6. The SMILES string of the molecule is C=C(Cc1ccc(OC)c(CC)c1)c1ccc(CC)c(C(=O)CC2CCC(C(=C)OCC)CC2)c1. The molecule has 188 valence electrons. The van der Waals surface area contributed by atoms with E-state index in [1.54, 1.807) is 7.11 Å².